The largest absolute Gasteiger partial charge is 0.494 e. The molecule has 0 spiro atoms. The SMILES string of the molecule is CCC(=O)Nc1ccc(N2C(=S)N[C@H](c3ccccn3)[C@@H]2c2cc(C)n(-c3cccc4ccccc34)c2C)cc1OC. The molecule has 1 saturated heterocycles. The van der Waals surface area contributed by atoms with Crippen LogP contribution in [0.25, 0.3) is 16.5 Å². The summed E-state index contributed by atoms with van der Waals surface area (Å²) in [4.78, 5) is 19.0. The van der Waals surface area contributed by atoms with Crippen molar-refractivity contribution in [2.45, 2.75) is 39.3 Å². The van der Waals surface area contributed by atoms with Crippen LogP contribution in [0.1, 0.15) is 48.1 Å². The summed E-state index contributed by atoms with van der Waals surface area (Å²) in [5, 5.41) is 9.48. The third-order valence-electron chi connectivity index (χ3n) is 7.95. The van der Waals surface area contributed by atoms with E-state index in [1.54, 1.807) is 7.11 Å². The molecule has 212 valence electrons. The van der Waals surface area contributed by atoms with Gasteiger partial charge in [0.15, 0.2) is 5.11 Å². The molecule has 1 amide bonds. The maximum atomic E-state index is 12.1. The summed E-state index contributed by atoms with van der Waals surface area (Å²) in [5.41, 5.74) is 6.93. The molecule has 2 aromatic heterocycles. The fourth-order valence-electron chi connectivity index (χ4n) is 5.98. The number of benzene rings is 3. The fourth-order valence-corrected chi connectivity index (χ4v) is 6.33. The lowest BCUT2D eigenvalue weighted by atomic mass is 9.96. The Hall–Kier alpha value is -4.69. The van der Waals surface area contributed by atoms with Gasteiger partial charge in [0.05, 0.1) is 36.3 Å². The summed E-state index contributed by atoms with van der Waals surface area (Å²) in [6, 6.07) is 28.5. The number of amides is 1. The van der Waals surface area contributed by atoms with Gasteiger partial charge in [-0.05, 0) is 73.4 Å². The summed E-state index contributed by atoms with van der Waals surface area (Å²) < 4.78 is 8.03. The second kappa shape index (κ2) is 11.3. The number of fused-ring (bicyclic) bond motifs is 1. The standard InChI is InChI=1S/C34H33N5O2S/c1-5-31(40)36-27-17-16-24(20-30(27)41-4)39-33(32(37-34(39)42)28-14-8-9-18-35-28)26-19-21(2)38(22(26)3)29-15-10-12-23-11-6-7-13-25(23)29/h6-20,32-33H,5H2,1-4H3,(H,36,40)(H,37,42)/t32-,33+/m1/s1. The van der Waals surface area contributed by atoms with E-state index in [9.17, 15) is 4.79 Å². The first-order valence-electron chi connectivity index (χ1n) is 14.1. The maximum Gasteiger partial charge on any atom is 0.224 e. The van der Waals surface area contributed by atoms with Gasteiger partial charge in [0.2, 0.25) is 5.91 Å². The number of nitrogens with zero attached hydrogens (tertiary/aromatic N) is 3. The van der Waals surface area contributed by atoms with E-state index in [2.05, 4.69) is 82.5 Å². The average molecular weight is 576 g/mol. The molecule has 0 bridgehead atoms. The number of aryl methyl sites for hydroxylation is 1. The van der Waals surface area contributed by atoms with E-state index in [-0.39, 0.29) is 18.0 Å². The van der Waals surface area contributed by atoms with E-state index < -0.39 is 0 Å². The van der Waals surface area contributed by atoms with Gasteiger partial charge in [-0.1, -0.05) is 49.4 Å². The number of methoxy groups -OCH3 is 1. The summed E-state index contributed by atoms with van der Waals surface area (Å²) in [7, 11) is 1.60. The second-order valence-electron chi connectivity index (χ2n) is 10.4. The van der Waals surface area contributed by atoms with E-state index in [1.807, 2.05) is 49.5 Å². The highest BCUT2D eigenvalue weighted by atomic mass is 32.1. The molecule has 2 atom stereocenters. The van der Waals surface area contributed by atoms with Gasteiger partial charge in [0.25, 0.3) is 0 Å². The van der Waals surface area contributed by atoms with Crippen molar-refractivity contribution in [1.82, 2.24) is 14.9 Å². The molecular formula is C34H33N5O2S. The van der Waals surface area contributed by atoms with Crippen molar-refractivity contribution < 1.29 is 9.53 Å². The molecular weight excluding hydrogens is 542 g/mol. The molecule has 1 aliphatic heterocycles. The van der Waals surface area contributed by atoms with E-state index in [4.69, 9.17) is 21.9 Å². The number of hydrogen-bond acceptors (Lipinski definition) is 4. The molecule has 0 saturated carbocycles. The molecule has 8 heteroatoms. The van der Waals surface area contributed by atoms with Crippen LogP contribution in [0.15, 0.2) is 91.1 Å². The molecule has 42 heavy (non-hydrogen) atoms. The van der Waals surface area contributed by atoms with Gasteiger partial charge in [-0.15, -0.1) is 0 Å². The average Bonchev–Trinajstić information content (AvgIpc) is 3.51. The van der Waals surface area contributed by atoms with E-state index >= 15 is 0 Å². The molecule has 3 heterocycles. The normalized spacial score (nSPS) is 16.5. The van der Waals surface area contributed by atoms with E-state index in [1.165, 1.54) is 10.8 Å². The highest BCUT2D eigenvalue weighted by Gasteiger charge is 2.42. The molecule has 5 aromatic rings. The lowest BCUT2D eigenvalue weighted by molar-refractivity contribution is -0.115. The zero-order chi connectivity index (χ0) is 29.4. The lowest BCUT2D eigenvalue weighted by Gasteiger charge is -2.29. The molecule has 1 fully saturated rings. The van der Waals surface area contributed by atoms with Gasteiger partial charge in [-0.3, -0.25) is 9.78 Å². The van der Waals surface area contributed by atoms with Crippen LogP contribution in [-0.2, 0) is 4.79 Å². The number of nitrogens with one attached hydrogen (secondary N) is 2. The minimum atomic E-state index is -0.192. The molecule has 7 nitrogen and oxygen atoms in total. The highest BCUT2D eigenvalue weighted by Crippen LogP contribution is 2.45. The molecule has 1 aliphatic rings. The highest BCUT2D eigenvalue weighted by molar-refractivity contribution is 7.80. The summed E-state index contributed by atoms with van der Waals surface area (Å²) >= 11 is 5.99. The van der Waals surface area contributed by atoms with E-state index in [0.29, 0.717) is 23.0 Å². The summed E-state index contributed by atoms with van der Waals surface area (Å²) in [6.07, 6.45) is 2.19. The third kappa shape index (κ3) is 4.77. The Morgan fingerprint density at radius 3 is 2.57 bits per heavy atom. The monoisotopic (exact) mass is 575 g/mol. The predicted octanol–water partition coefficient (Wildman–Crippen LogP) is 7.18. The Morgan fingerprint density at radius 1 is 1.02 bits per heavy atom. The van der Waals surface area contributed by atoms with Crippen molar-refractivity contribution in [3.05, 3.63) is 114 Å². The fraction of sp³-hybridized carbons (Fsp3) is 0.206. The number of rotatable bonds is 7. The van der Waals surface area contributed by atoms with Crippen molar-refractivity contribution in [3.63, 3.8) is 0 Å². The van der Waals surface area contributed by atoms with Crippen LogP contribution in [0.5, 0.6) is 5.75 Å². The minimum Gasteiger partial charge on any atom is -0.494 e. The Bertz CT molecular complexity index is 1790. The van der Waals surface area contributed by atoms with Crippen LogP contribution in [0, 0.1) is 13.8 Å². The van der Waals surface area contributed by atoms with Crippen LogP contribution in [0.3, 0.4) is 0 Å². The van der Waals surface area contributed by atoms with Crippen molar-refractivity contribution in [3.8, 4) is 11.4 Å². The topological polar surface area (TPSA) is 71.4 Å². The lowest BCUT2D eigenvalue weighted by Crippen LogP contribution is -2.29. The van der Waals surface area contributed by atoms with Gasteiger partial charge >= 0.3 is 0 Å². The quantitative estimate of drug-likeness (QED) is 0.200. The van der Waals surface area contributed by atoms with Crippen LogP contribution in [0.2, 0.25) is 0 Å². The molecule has 0 radical (unpaired) electrons. The number of aromatic nitrogens is 2. The smallest absolute Gasteiger partial charge is 0.224 e. The number of anilines is 2. The Balaban J connectivity index is 1.51. The van der Waals surface area contributed by atoms with Crippen LogP contribution in [0.4, 0.5) is 11.4 Å². The second-order valence-corrected chi connectivity index (χ2v) is 10.8. The predicted molar refractivity (Wildman–Crippen MR) is 173 cm³/mol. The number of hydrogen-bond donors (Lipinski definition) is 2. The zero-order valence-electron chi connectivity index (χ0n) is 24.1. The van der Waals surface area contributed by atoms with Crippen LogP contribution >= 0.6 is 12.2 Å². The third-order valence-corrected chi connectivity index (χ3v) is 8.27. The number of thiocarbonyl (C=S) groups is 1. The van der Waals surface area contributed by atoms with Crippen LogP contribution < -0.4 is 20.3 Å². The van der Waals surface area contributed by atoms with Crippen molar-refractivity contribution in [2.75, 3.05) is 17.3 Å². The van der Waals surface area contributed by atoms with Gasteiger partial charge in [0.1, 0.15) is 5.75 Å². The number of carbonyl (C=O) groups excluding carboxylic acids is 1. The first-order valence-corrected chi connectivity index (χ1v) is 14.5. The number of pyridine rings is 1. The van der Waals surface area contributed by atoms with Crippen molar-refractivity contribution >= 4 is 45.4 Å². The zero-order valence-corrected chi connectivity index (χ0v) is 24.9. The molecule has 2 N–H and O–H groups in total. The molecule has 0 unspecified atom stereocenters. The van der Waals surface area contributed by atoms with Gasteiger partial charge in [0, 0.05) is 41.1 Å². The van der Waals surface area contributed by atoms with Gasteiger partial charge < -0.3 is 24.8 Å². The first-order chi connectivity index (χ1) is 20.4. The van der Waals surface area contributed by atoms with Gasteiger partial charge in [-0.2, -0.15) is 0 Å². The summed E-state index contributed by atoms with van der Waals surface area (Å²) in [5.74, 6) is 0.492. The first kappa shape index (κ1) is 27.5. The Morgan fingerprint density at radius 2 is 1.81 bits per heavy atom. The molecule has 6 rings (SSSR count). The summed E-state index contributed by atoms with van der Waals surface area (Å²) in [6.45, 7) is 6.14. The van der Waals surface area contributed by atoms with Crippen molar-refractivity contribution in [1.29, 1.82) is 0 Å². The number of carbonyl (C=O) groups is 1. The molecule has 3 aromatic carbocycles. The Kier molecular flexibility index (Phi) is 7.39. The van der Waals surface area contributed by atoms with Gasteiger partial charge in [-0.25, -0.2) is 0 Å². The van der Waals surface area contributed by atoms with Crippen LogP contribution in [-0.4, -0.2) is 27.7 Å². The van der Waals surface area contributed by atoms with E-state index in [0.717, 1.165) is 34.0 Å². The maximum absolute atomic E-state index is 12.1. The molecule has 0 aliphatic carbocycles. The minimum absolute atomic E-state index is 0.0756. The van der Waals surface area contributed by atoms with Crippen molar-refractivity contribution in [2.24, 2.45) is 0 Å². The Labute approximate surface area is 251 Å². The number of ether oxygens (including phenoxy) is 1.